The third kappa shape index (κ3) is 5.27. The van der Waals surface area contributed by atoms with E-state index in [0.717, 1.165) is 0 Å². The first-order valence-corrected chi connectivity index (χ1v) is 9.71. The number of nitrogens with two attached hydrogens (primary N) is 1. The Balaban J connectivity index is 0.00000420. The Morgan fingerprint density at radius 3 is 2.21 bits per heavy atom. The van der Waals surface area contributed by atoms with Gasteiger partial charge in [0.2, 0.25) is 5.91 Å². The van der Waals surface area contributed by atoms with Crippen molar-refractivity contribution in [1.29, 1.82) is 0 Å². The van der Waals surface area contributed by atoms with E-state index in [-0.39, 0.29) is 29.8 Å². The van der Waals surface area contributed by atoms with Crippen LogP contribution in [0.25, 0.3) is 0 Å². The zero-order valence-electron chi connectivity index (χ0n) is 18.3. The van der Waals surface area contributed by atoms with Gasteiger partial charge in [0.25, 0.3) is 0 Å². The van der Waals surface area contributed by atoms with Gasteiger partial charge in [-0.1, -0.05) is 13.8 Å². The summed E-state index contributed by atoms with van der Waals surface area (Å²) >= 11 is 0. The van der Waals surface area contributed by atoms with Gasteiger partial charge in [-0.3, -0.25) is 4.79 Å². The fourth-order valence-corrected chi connectivity index (χ4v) is 3.60. The molecule has 2 atom stereocenters. The van der Waals surface area contributed by atoms with Gasteiger partial charge in [0.1, 0.15) is 22.8 Å². The molecule has 8 heteroatoms. The summed E-state index contributed by atoms with van der Waals surface area (Å²) in [7, 11) is 4.98. The lowest BCUT2D eigenvalue weighted by atomic mass is 9.54. The summed E-state index contributed by atoms with van der Waals surface area (Å²) in [6.45, 7) is 7.62. The molecule has 166 valence electrons. The summed E-state index contributed by atoms with van der Waals surface area (Å²) in [5.41, 5.74) is 5.20. The minimum absolute atomic E-state index is 0. The van der Waals surface area contributed by atoms with Crippen LogP contribution in [0.4, 0.5) is 0 Å². The number of hydrogen-bond acceptors (Lipinski definition) is 6. The average molecular weight is 431 g/mol. The van der Waals surface area contributed by atoms with E-state index < -0.39 is 5.54 Å². The smallest absolute Gasteiger partial charge is 0.243 e. The fourth-order valence-electron chi connectivity index (χ4n) is 3.60. The highest BCUT2D eigenvalue weighted by atomic mass is 35.5. The quantitative estimate of drug-likeness (QED) is 0.574. The van der Waals surface area contributed by atoms with Crippen molar-refractivity contribution in [3.05, 3.63) is 18.2 Å². The number of amides is 1. The zero-order valence-corrected chi connectivity index (χ0v) is 19.1. The number of halogens is 1. The SMILES string of the molecule is CCOC1CC(N)(C(=O)N(C)CCCOc2cc(OC)cc(OC)c2)C1(C)C.Cl. The summed E-state index contributed by atoms with van der Waals surface area (Å²) in [6, 6.07) is 5.39. The number of carbonyl (C=O) groups is 1. The van der Waals surface area contributed by atoms with Crippen LogP contribution >= 0.6 is 12.4 Å². The molecule has 1 saturated carbocycles. The van der Waals surface area contributed by atoms with E-state index in [4.69, 9.17) is 24.7 Å². The van der Waals surface area contributed by atoms with Crippen molar-refractivity contribution in [3.8, 4) is 17.2 Å². The average Bonchev–Trinajstić information content (AvgIpc) is 2.69. The van der Waals surface area contributed by atoms with Crippen molar-refractivity contribution in [2.24, 2.45) is 11.1 Å². The van der Waals surface area contributed by atoms with Crippen LogP contribution in [0.2, 0.25) is 0 Å². The van der Waals surface area contributed by atoms with Crippen LogP contribution in [0.3, 0.4) is 0 Å². The zero-order chi connectivity index (χ0) is 20.9. The second-order valence-corrected chi connectivity index (χ2v) is 7.82. The number of hydrogen-bond donors (Lipinski definition) is 1. The minimum atomic E-state index is -0.886. The molecule has 2 N–H and O–H groups in total. The maximum absolute atomic E-state index is 12.9. The van der Waals surface area contributed by atoms with Gasteiger partial charge in [0.05, 0.1) is 26.9 Å². The van der Waals surface area contributed by atoms with Gasteiger partial charge in [0.15, 0.2) is 0 Å². The van der Waals surface area contributed by atoms with Crippen LogP contribution in [0, 0.1) is 5.41 Å². The molecule has 1 aliphatic rings. The normalized spacial score (nSPS) is 22.1. The number of likely N-dealkylation sites (N-methyl/N-ethyl adjacent to an activating group) is 1. The van der Waals surface area contributed by atoms with E-state index in [2.05, 4.69) is 0 Å². The van der Waals surface area contributed by atoms with E-state index in [1.165, 1.54) is 0 Å². The van der Waals surface area contributed by atoms with E-state index in [1.807, 2.05) is 20.8 Å². The maximum atomic E-state index is 12.9. The fraction of sp³-hybridized carbons (Fsp3) is 0.667. The molecule has 0 aliphatic heterocycles. The van der Waals surface area contributed by atoms with Crippen LogP contribution in [0.15, 0.2) is 18.2 Å². The summed E-state index contributed by atoms with van der Waals surface area (Å²) in [5.74, 6) is 1.96. The Kier molecular flexibility index (Phi) is 9.06. The van der Waals surface area contributed by atoms with Gasteiger partial charge >= 0.3 is 0 Å². The Morgan fingerprint density at radius 1 is 1.17 bits per heavy atom. The molecule has 29 heavy (non-hydrogen) atoms. The van der Waals surface area contributed by atoms with Gasteiger partial charge in [-0.15, -0.1) is 12.4 Å². The first-order valence-electron chi connectivity index (χ1n) is 9.71. The first-order chi connectivity index (χ1) is 13.2. The topological polar surface area (TPSA) is 83.3 Å². The highest BCUT2D eigenvalue weighted by Gasteiger charge is 2.63. The molecule has 0 radical (unpaired) electrons. The van der Waals surface area contributed by atoms with Crippen molar-refractivity contribution in [2.75, 3.05) is 41.0 Å². The molecule has 7 nitrogen and oxygen atoms in total. The molecule has 0 bridgehead atoms. The summed E-state index contributed by atoms with van der Waals surface area (Å²) < 4.78 is 22.0. The number of ether oxygens (including phenoxy) is 4. The Hall–Kier alpha value is -1.70. The van der Waals surface area contributed by atoms with Crippen LogP contribution < -0.4 is 19.9 Å². The number of carbonyl (C=O) groups excluding carboxylic acids is 1. The van der Waals surface area contributed by atoms with Gasteiger partial charge in [-0.25, -0.2) is 0 Å². The molecule has 1 aromatic rings. The molecule has 0 saturated heterocycles. The molecular formula is C21H35ClN2O5. The van der Waals surface area contributed by atoms with Gasteiger partial charge < -0.3 is 29.6 Å². The van der Waals surface area contributed by atoms with E-state index in [0.29, 0.717) is 49.8 Å². The highest BCUT2D eigenvalue weighted by Crippen LogP contribution is 2.50. The standard InChI is InChI=1S/C21H34N2O5.ClH/c1-7-27-18-14-21(22,20(18,2)3)19(24)23(4)9-8-10-28-17-12-15(25-5)11-16(13-17)26-6;/h11-13,18H,7-10,14,22H2,1-6H3;1H. The highest BCUT2D eigenvalue weighted by molar-refractivity contribution is 5.88. The molecule has 1 amide bonds. The molecule has 1 aliphatic carbocycles. The third-order valence-electron chi connectivity index (χ3n) is 5.79. The minimum Gasteiger partial charge on any atom is -0.496 e. The Morgan fingerprint density at radius 2 is 1.72 bits per heavy atom. The summed E-state index contributed by atoms with van der Waals surface area (Å²) in [5, 5.41) is 0. The Labute approximate surface area is 180 Å². The summed E-state index contributed by atoms with van der Waals surface area (Å²) in [6.07, 6.45) is 1.26. The monoisotopic (exact) mass is 430 g/mol. The lowest BCUT2D eigenvalue weighted by Gasteiger charge is -2.58. The second-order valence-electron chi connectivity index (χ2n) is 7.82. The molecule has 0 heterocycles. The molecule has 2 rings (SSSR count). The molecule has 1 fully saturated rings. The molecular weight excluding hydrogens is 396 g/mol. The van der Waals surface area contributed by atoms with E-state index in [9.17, 15) is 4.79 Å². The van der Waals surface area contributed by atoms with E-state index >= 15 is 0 Å². The van der Waals surface area contributed by atoms with Crippen molar-refractivity contribution in [1.82, 2.24) is 4.90 Å². The number of rotatable bonds is 10. The maximum Gasteiger partial charge on any atom is 0.243 e. The van der Waals surface area contributed by atoms with Crippen LogP contribution in [0.1, 0.15) is 33.6 Å². The predicted octanol–water partition coefficient (Wildman–Crippen LogP) is 2.89. The van der Waals surface area contributed by atoms with E-state index in [1.54, 1.807) is 44.4 Å². The van der Waals surface area contributed by atoms with Crippen molar-refractivity contribution < 1.29 is 23.7 Å². The number of benzene rings is 1. The lowest BCUT2D eigenvalue weighted by Crippen LogP contribution is -2.75. The van der Waals surface area contributed by atoms with Gasteiger partial charge in [-0.2, -0.15) is 0 Å². The lowest BCUT2D eigenvalue weighted by molar-refractivity contribution is -0.178. The second kappa shape index (κ2) is 10.4. The largest absolute Gasteiger partial charge is 0.496 e. The van der Waals surface area contributed by atoms with Crippen molar-refractivity contribution >= 4 is 18.3 Å². The third-order valence-corrected chi connectivity index (χ3v) is 5.79. The molecule has 2 unspecified atom stereocenters. The summed E-state index contributed by atoms with van der Waals surface area (Å²) in [4.78, 5) is 14.6. The van der Waals surface area contributed by atoms with Crippen LogP contribution in [0.5, 0.6) is 17.2 Å². The number of nitrogens with zero attached hydrogens (tertiary/aromatic N) is 1. The molecule has 0 aromatic heterocycles. The van der Waals surface area contributed by atoms with Crippen LogP contribution in [-0.2, 0) is 9.53 Å². The van der Waals surface area contributed by atoms with Crippen molar-refractivity contribution in [2.45, 2.75) is 45.3 Å². The Bertz CT molecular complexity index is 663. The van der Waals surface area contributed by atoms with Gasteiger partial charge in [0, 0.05) is 50.2 Å². The molecule has 0 spiro atoms. The first kappa shape index (κ1) is 25.3. The van der Waals surface area contributed by atoms with Crippen molar-refractivity contribution in [3.63, 3.8) is 0 Å². The number of methoxy groups -OCH3 is 2. The van der Waals surface area contributed by atoms with Gasteiger partial charge in [-0.05, 0) is 13.3 Å². The predicted molar refractivity (Wildman–Crippen MR) is 115 cm³/mol. The van der Waals surface area contributed by atoms with Crippen LogP contribution in [-0.4, -0.2) is 63.5 Å². The molecule has 1 aromatic carbocycles.